The van der Waals surface area contributed by atoms with Crippen molar-refractivity contribution < 1.29 is 18.1 Å². The van der Waals surface area contributed by atoms with E-state index in [-0.39, 0.29) is 0 Å². The molecule has 0 N–H and O–H groups in total. The maximum atomic E-state index is 12.3. The van der Waals surface area contributed by atoms with E-state index in [2.05, 4.69) is 0 Å². The van der Waals surface area contributed by atoms with Gasteiger partial charge in [0.25, 0.3) is 5.69 Å². The third-order valence-electron chi connectivity index (χ3n) is 1.65. The molecule has 1 aromatic rings. The molecular formula is C12H18F3NO2. The van der Waals surface area contributed by atoms with Crippen molar-refractivity contribution in [3.8, 4) is 0 Å². The Morgan fingerprint density at radius 2 is 1.56 bits per heavy atom. The summed E-state index contributed by atoms with van der Waals surface area (Å²) >= 11 is 0. The Morgan fingerprint density at radius 1 is 1.11 bits per heavy atom. The van der Waals surface area contributed by atoms with Gasteiger partial charge in [0, 0.05) is 6.07 Å². The van der Waals surface area contributed by atoms with Crippen molar-refractivity contribution in [2.75, 3.05) is 0 Å². The van der Waals surface area contributed by atoms with Crippen LogP contribution < -0.4 is 0 Å². The monoisotopic (exact) mass is 265 g/mol. The van der Waals surface area contributed by atoms with Gasteiger partial charge in [0.15, 0.2) is 0 Å². The lowest BCUT2D eigenvalue weighted by Crippen LogP contribution is -2.09. The summed E-state index contributed by atoms with van der Waals surface area (Å²) in [6.07, 6.45) is -4.69. The van der Waals surface area contributed by atoms with Crippen molar-refractivity contribution in [1.29, 1.82) is 0 Å². The van der Waals surface area contributed by atoms with Crippen LogP contribution in [0.1, 0.15) is 38.8 Å². The van der Waals surface area contributed by atoms with Crippen LogP contribution in [0, 0.1) is 17.0 Å². The van der Waals surface area contributed by atoms with Crippen LogP contribution in [0.5, 0.6) is 0 Å². The SMILES string of the molecule is CC.CC.Cc1ccc([N+](=O)[O-])c(C(F)(F)F)c1. The molecule has 0 unspecified atom stereocenters. The Hall–Kier alpha value is -1.59. The maximum Gasteiger partial charge on any atom is 0.423 e. The van der Waals surface area contributed by atoms with Crippen LogP contribution in [0.3, 0.4) is 0 Å². The summed E-state index contributed by atoms with van der Waals surface area (Å²) in [7, 11) is 0. The molecule has 0 aliphatic carbocycles. The molecule has 0 fully saturated rings. The number of nitro benzene ring substituents is 1. The van der Waals surface area contributed by atoms with E-state index >= 15 is 0 Å². The lowest BCUT2D eigenvalue weighted by atomic mass is 10.1. The molecule has 3 nitrogen and oxygen atoms in total. The van der Waals surface area contributed by atoms with Gasteiger partial charge in [-0.3, -0.25) is 10.1 Å². The van der Waals surface area contributed by atoms with Gasteiger partial charge in [-0.2, -0.15) is 13.2 Å². The van der Waals surface area contributed by atoms with Gasteiger partial charge in [0.2, 0.25) is 0 Å². The van der Waals surface area contributed by atoms with Gasteiger partial charge in [-0.05, 0) is 13.0 Å². The quantitative estimate of drug-likeness (QED) is 0.531. The molecule has 0 atom stereocenters. The minimum absolute atomic E-state index is 0.336. The van der Waals surface area contributed by atoms with Crippen LogP contribution in [0.25, 0.3) is 0 Å². The number of benzene rings is 1. The highest BCUT2D eigenvalue weighted by Crippen LogP contribution is 2.36. The summed E-state index contributed by atoms with van der Waals surface area (Å²) in [4.78, 5) is 9.25. The number of nitro groups is 1. The normalized spacial score (nSPS) is 9.56. The number of hydrogen-bond donors (Lipinski definition) is 0. The highest BCUT2D eigenvalue weighted by Gasteiger charge is 2.37. The average molecular weight is 265 g/mol. The summed E-state index contributed by atoms with van der Waals surface area (Å²) in [5.41, 5.74) is -1.78. The van der Waals surface area contributed by atoms with Gasteiger partial charge in [-0.1, -0.05) is 39.3 Å². The third kappa shape index (κ3) is 5.65. The van der Waals surface area contributed by atoms with Crippen LogP contribution >= 0.6 is 0 Å². The highest BCUT2D eigenvalue weighted by molar-refractivity contribution is 5.44. The Bertz CT molecular complexity index is 376. The van der Waals surface area contributed by atoms with Gasteiger partial charge in [0.1, 0.15) is 5.56 Å². The Labute approximate surface area is 105 Å². The molecule has 0 saturated carbocycles. The van der Waals surface area contributed by atoms with Gasteiger partial charge < -0.3 is 0 Å². The zero-order valence-electron chi connectivity index (χ0n) is 11.1. The zero-order chi connectivity index (χ0) is 14.9. The molecule has 0 radical (unpaired) electrons. The summed E-state index contributed by atoms with van der Waals surface area (Å²) in [5, 5.41) is 10.3. The largest absolute Gasteiger partial charge is 0.423 e. The second kappa shape index (κ2) is 8.49. The lowest BCUT2D eigenvalue weighted by Gasteiger charge is -2.07. The van der Waals surface area contributed by atoms with Crippen LogP contribution in [0.4, 0.5) is 18.9 Å². The highest BCUT2D eigenvalue weighted by atomic mass is 19.4. The first-order valence-electron chi connectivity index (χ1n) is 5.64. The number of alkyl halides is 3. The first kappa shape index (κ1) is 18.8. The predicted octanol–water partition coefficient (Wildman–Crippen LogP) is 4.97. The molecular weight excluding hydrogens is 247 g/mol. The lowest BCUT2D eigenvalue weighted by molar-refractivity contribution is -0.388. The second-order valence-electron chi connectivity index (χ2n) is 2.78. The molecule has 0 saturated heterocycles. The molecule has 104 valence electrons. The van der Waals surface area contributed by atoms with E-state index in [4.69, 9.17) is 0 Å². The fraction of sp³-hybridized carbons (Fsp3) is 0.500. The van der Waals surface area contributed by atoms with Crippen molar-refractivity contribution in [1.82, 2.24) is 0 Å². The molecule has 1 rings (SSSR count). The summed E-state index contributed by atoms with van der Waals surface area (Å²) in [6, 6.07) is 2.89. The van der Waals surface area contributed by atoms with Crippen molar-refractivity contribution in [2.24, 2.45) is 0 Å². The van der Waals surface area contributed by atoms with Gasteiger partial charge >= 0.3 is 6.18 Å². The number of halogens is 3. The summed E-state index contributed by atoms with van der Waals surface area (Å²) in [5.74, 6) is 0. The summed E-state index contributed by atoms with van der Waals surface area (Å²) < 4.78 is 36.9. The van der Waals surface area contributed by atoms with E-state index < -0.39 is 22.4 Å². The van der Waals surface area contributed by atoms with Crippen LogP contribution in [0.2, 0.25) is 0 Å². The van der Waals surface area contributed by atoms with E-state index in [1.54, 1.807) is 0 Å². The Morgan fingerprint density at radius 3 is 1.89 bits per heavy atom. The molecule has 0 amide bonds. The van der Waals surface area contributed by atoms with E-state index in [0.717, 1.165) is 12.1 Å². The fourth-order valence-electron chi connectivity index (χ4n) is 1.04. The van der Waals surface area contributed by atoms with E-state index in [0.29, 0.717) is 5.56 Å². The molecule has 1 aromatic carbocycles. The first-order valence-corrected chi connectivity index (χ1v) is 5.64. The Kier molecular flexibility index (Phi) is 8.86. The molecule has 0 bridgehead atoms. The van der Waals surface area contributed by atoms with Crippen LogP contribution in [-0.4, -0.2) is 4.92 Å². The van der Waals surface area contributed by atoms with Crippen molar-refractivity contribution in [3.63, 3.8) is 0 Å². The van der Waals surface area contributed by atoms with E-state index in [9.17, 15) is 23.3 Å². The van der Waals surface area contributed by atoms with Crippen LogP contribution in [0.15, 0.2) is 18.2 Å². The second-order valence-corrected chi connectivity index (χ2v) is 2.78. The van der Waals surface area contributed by atoms with Gasteiger partial charge in [-0.15, -0.1) is 0 Å². The van der Waals surface area contributed by atoms with Crippen molar-refractivity contribution >= 4 is 5.69 Å². The average Bonchev–Trinajstić information content (AvgIpc) is 2.32. The number of rotatable bonds is 1. The predicted molar refractivity (Wildman–Crippen MR) is 65.5 cm³/mol. The van der Waals surface area contributed by atoms with Crippen LogP contribution in [-0.2, 0) is 6.18 Å². The van der Waals surface area contributed by atoms with Gasteiger partial charge in [0.05, 0.1) is 4.92 Å². The van der Waals surface area contributed by atoms with E-state index in [1.807, 2.05) is 27.7 Å². The first-order chi connectivity index (χ1) is 8.32. The fourth-order valence-corrected chi connectivity index (χ4v) is 1.04. The number of hydrogen-bond acceptors (Lipinski definition) is 2. The Balaban J connectivity index is 0. The molecule has 0 heterocycles. The zero-order valence-corrected chi connectivity index (χ0v) is 11.1. The molecule has 18 heavy (non-hydrogen) atoms. The van der Waals surface area contributed by atoms with E-state index in [1.165, 1.54) is 13.0 Å². The molecule has 0 aliphatic rings. The topological polar surface area (TPSA) is 43.1 Å². The number of nitrogens with zero attached hydrogens (tertiary/aromatic N) is 1. The van der Waals surface area contributed by atoms with Gasteiger partial charge in [-0.25, -0.2) is 0 Å². The van der Waals surface area contributed by atoms with Crippen molar-refractivity contribution in [2.45, 2.75) is 40.8 Å². The summed E-state index contributed by atoms with van der Waals surface area (Å²) in [6.45, 7) is 9.44. The smallest absolute Gasteiger partial charge is 0.258 e. The molecule has 0 spiro atoms. The molecule has 0 aliphatic heterocycles. The number of aryl methyl sites for hydroxylation is 1. The third-order valence-corrected chi connectivity index (χ3v) is 1.65. The standard InChI is InChI=1S/C8H6F3NO2.2C2H6/c1-5-2-3-7(12(13)14)6(4-5)8(9,10)11;2*1-2/h2-4H,1H3;2*1-2H3. The molecule has 0 aromatic heterocycles. The minimum atomic E-state index is -4.69. The minimum Gasteiger partial charge on any atom is -0.258 e. The molecule has 6 heteroatoms. The van der Waals surface area contributed by atoms with Crippen molar-refractivity contribution in [3.05, 3.63) is 39.4 Å². The maximum absolute atomic E-state index is 12.3.